The third kappa shape index (κ3) is 3.73. The number of amides is 1. The molecule has 4 N–H and O–H groups in total. The van der Waals surface area contributed by atoms with Crippen molar-refractivity contribution in [3.63, 3.8) is 0 Å². The number of hydrogen-bond donors (Lipinski definition) is 2. The third-order valence-electron chi connectivity index (χ3n) is 3.08. The van der Waals surface area contributed by atoms with E-state index in [9.17, 15) is 4.79 Å². The average Bonchev–Trinajstić information content (AvgIpc) is 2.35. The van der Waals surface area contributed by atoms with Gasteiger partial charge in [-0.05, 0) is 13.0 Å². The first-order valence-electron chi connectivity index (χ1n) is 6.15. The molecule has 1 heterocycles. The second kappa shape index (κ2) is 6.83. The molecule has 1 saturated heterocycles. The van der Waals surface area contributed by atoms with E-state index in [-0.39, 0.29) is 12.5 Å². The van der Waals surface area contributed by atoms with Crippen molar-refractivity contribution in [3.8, 4) is 0 Å². The fourth-order valence-electron chi connectivity index (χ4n) is 1.91. The lowest BCUT2D eigenvalue weighted by Crippen LogP contribution is -2.54. The lowest BCUT2D eigenvalue weighted by Gasteiger charge is -2.35. The summed E-state index contributed by atoms with van der Waals surface area (Å²) in [5, 5.41) is 0. The molecule has 1 atom stereocenters. The molecule has 0 saturated carbocycles. The van der Waals surface area contributed by atoms with E-state index in [2.05, 4.69) is 11.8 Å². The van der Waals surface area contributed by atoms with Crippen LogP contribution in [-0.4, -0.2) is 61.0 Å². The van der Waals surface area contributed by atoms with Crippen LogP contribution in [0.4, 0.5) is 0 Å². The van der Waals surface area contributed by atoms with Crippen molar-refractivity contribution < 1.29 is 4.79 Å². The highest BCUT2D eigenvalue weighted by atomic mass is 16.2. The zero-order valence-corrected chi connectivity index (χ0v) is 10.2. The summed E-state index contributed by atoms with van der Waals surface area (Å²) >= 11 is 0. The van der Waals surface area contributed by atoms with Crippen LogP contribution in [0.25, 0.3) is 0 Å². The van der Waals surface area contributed by atoms with Gasteiger partial charge in [0.05, 0.1) is 6.04 Å². The lowest BCUT2D eigenvalue weighted by atomic mass is 10.2. The molecule has 0 bridgehead atoms. The first-order valence-corrected chi connectivity index (χ1v) is 6.15. The van der Waals surface area contributed by atoms with E-state index < -0.39 is 6.04 Å². The number of rotatable bonds is 5. The van der Waals surface area contributed by atoms with Crippen LogP contribution in [0, 0.1) is 0 Å². The molecule has 1 aliphatic rings. The van der Waals surface area contributed by atoms with E-state index in [4.69, 9.17) is 11.5 Å². The van der Waals surface area contributed by atoms with E-state index in [1.165, 1.54) is 12.8 Å². The summed E-state index contributed by atoms with van der Waals surface area (Å²) in [4.78, 5) is 16.0. The van der Waals surface area contributed by atoms with Crippen molar-refractivity contribution in [1.29, 1.82) is 0 Å². The molecule has 0 aromatic heterocycles. The van der Waals surface area contributed by atoms with Gasteiger partial charge in [0, 0.05) is 32.7 Å². The van der Waals surface area contributed by atoms with Crippen molar-refractivity contribution in [3.05, 3.63) is 0 Å². The summed E-state index contributed by atoms with van der Waals surface area (Å²) in [5.74, 6) is -0.00218. The minimum atomic E-state index is -0.526. The van der Waals surface area contributed by atoms with Crippen molar-refractivity contribution in [1.82, 2.24) is 9.80 Å². The van der Waals surface area contributed by atoms with Crippen LogP contribution in [-0.2, 0) is 4.79 Å². The maximum absolute atomic E-state index is 11.8. The second-order valence-corrected chi connectivity index (χ2v) is 4.36. The Balaban J connectivity index is 2.28. The van der Waals surface area contributed by atoms with E-state index in [0.717, 1.165) is 32.7 Å². The first-order chi connectivity index (χ1) is 7.69. The highest BCUT2D eigenvalue weighted by molar-refractivity contribution is 5.82. The number of hydrogen-bond acceptors (Lipinski definition) is 4. The maximum Gasteiger partial charge on any atom is 0.240 e. The predicted molar refractivity (Wildman–Crippen MR) is 65.0 cm³/mol. The molecule has 0 aromatic rings. The molecule has 5 nitrogen and oxygen atoms in total. The SMILES string of the molecule is CCCCN1CCN(C(=O)C(N)CN)CC1. The average molecular weight is 228 g/mol. The molecule has 16 heavy (non-hydrogen) atoms. The molecule has 0 spiro atoms. The molecule has 1 amide bonds. The zero-order valence-electron chi connectivity index (χ0n) is 10.2. The van der Waals surface area contributed by atoms with Crippen molar-refractivity contribution in [2.24, 2.45) is 11.5 Å². The Kier molecular flexibility index (Phi) is 5.73. The molecular weight excluding hydrogens is 204 g/mol. The van der Waals surface area contributed by atoms with Gasteiger partial charge >= 0.3 is 0 Å². The fourth-order valence-corrected chi connectivity index (χ4v) is 1.91. The Morgan fingerprint density at radius 2 is 1.94 bits per heavy atom. The number of piperazine rings is 1. The Morgan fingerprint density at radius 3 is 2.44 bits per heavy atom. The Hall–Kier alpha value is -0.650. The van der Waals surface area contributed by atoms with Gasteiger partial charge in [-0.25, -0.2) is 0 Å². The van der Waals surface area contributed by atoms with E-state index in [0.29, 0.717) is 0 Å². The predicted octanol–water partition coefficient (Wildman–Crippen LogP) is -0.783. The van der Waals surface area contributed by atoms with Crippen LogP contribution in [0.5, 0.6) is 0 Å². The summed E-state index contributed by atoms with van der Waals surface area (Å²) < 4.78 is 0. The van der Waals surface area contributed by atoms with Crippen LogP contribution >= 0.6 is 0 Å². The van der Waals surface area contributed by atoms with E-state index in [1.54, 1.807) is 0 Å². The molecule has 1 fully saturated rings. The fraction of sp³-hybridized carbons (Fsp3) is 0.909. The molecule has 94 valence electrons. The van der Waals surface area contributed by atoms with Gasteiger partial charge in [-0.15, -0.1) is 0 Å². The topological polar surface area (TPSA) is 75.6 Å². The van der Waals surface area contributed by atoms with Crippen LogP contribution in [0.15, 0.2) is 0 Å². The summed E-state index contributed by atoms with van der Waals surface area (Å²) in [6, 6.07) is -0.526. The van der Waals surface area contributed by atoms with Gasteiger partial charge in [0.2, 0.25) is 5.91 Å². The summed E-state index contributed by atoms with van der Waals surface area (Å²) in [7, 11) is 0. The van der Waals surface area contributed by atoms with Crippen molar-refractivity contribution in [2.45, 2.75) is 25.8 Å². The summed E-state index contributed by atoms with van der Waals surface area (Å²) in [5.41, 5.74) is 11.0. The normalized spacial score (nSPS) is 19.8. The third-order valence-corrected chi connectivity index (χ3v) is 3.08. The van der Waals surface area contributed by atoms with Crippen LogP contribution < -0.4 is 11.5 Å². The van der Waals surface area contributed by atoms with Gasteiger partial charge < -0.3 is 16.4 Å². The summed E-state index contributed by atoms with van der Waals surface area (Å²) in [6.07, 6.45) is 2.45. The Bertz CT molecular complexity index is 214. The first kappa shape index (κ1) is 13.4. The Labute approximate surface area is 97.7 Å². The molecule has 0 aromatic carbocycles. The highest BCUT2D eigenvalue weighted by Crippen LogP contribution is 2.04. The quantitative estimate of drug-likeness (QED) is 0.647. The largest absolute Gasteiger partial charge is 0.339 e. The lowest BCUT2D eigenvalue weighted by molar-refractivity contribution is -0.134. The highest BCUT2D eigenvalue weighted by Gasteiger charge is 2.23. The summed E-state index contributed by atoms with van der Waals surface area (Å²) in [6.45, 7) is 7.06. The van der Waals surface area contributed by atoms with E-state index in [1.807, 2.05) is 4.90 Å². The minimum Gasteiger partial charge on any atom is -0.339 e. The zero-order chi connectivity index (χ0) is 12.0. The second-order valence-electron chi connectivity index (χ2n) is 4.36. The smallest absolute Gasteiger partial charge is 0.240 e. The number of carbonyl (C=O) groups excluding carboxylic acids is 1. The molecule has 1 unspecified atom stereocenters. The van der Waals surface area contributed by atoms with Gasteiger partial charge in [-0.1, -0.05) is 13.3 Å². The molecule has 5 heteroatoms. The standard InChI is InChI=1S/C11H24N4O/c1-2-3-4-14-5-7-15(8-6-14)11(16)10(13)9-12/h10H,2-9,12-13H2,1H3. The monoisotopic (exact) mass is 228 g/mol. The van der Waals surface area contributed by atoms with Gasteiger partial charge in [0.25, 0.3) is 0 Å². The van der Waals surface area contributed by atoms with Gasteiger partial charge in [-0.2, -0.15) is 0 Å². The van der Waals surface area contributed by atoms with E-state index >= 15 is 0 Å². The molecule has 1 aliphatic heterocycles. The van der Waals surface area contributed by atoms with Crippen molar-refractivity contribution >= 4 is 5.91 Å². The number of nitrogens with two attached hydrogens (primary N) is 2. The molecular formula is C11H24N4O. The molecule has 1 rings (SSSR count). The number of nitrogens with zero attached hydrogens (tertiary/aromatic N) is 2. The maximum atomic E-state index is 11.8. The van der Waals surface area contributed by atoms with Crippen LogP contribution in [0.1, 0.15) is 19.8 Å². The number of carbonyl (C=O) groups is 1. The Morgan fingerprint density at radius 1 is 1.31 bits per heavy atom. The van der Waals surface area contributed by atoms with Crippen LogP contribution in [0.2, 0.25) is 0 Å². The molecule has 0 aliphatic carbocycles. The van der Waals surface area contributed by atoms with Crippen LogP contribution in [0.3, 0.4) is 0 Å². The van der Waals surface area contributed by atoms with Gasteiger partial charge in [0.15, 0.2) is 0 Å². The number of unbranched alkanes of at least 4 members (excludes halogenated alkanes) is 1. The van der Waals surface area contributed by atoms with Gasteiger partial charge in [0.1, 0.15) is 0 Å². The minimum absolute atomic E-state index is 0.00218. The molecule has 0 radical (unpaired) electrons. The van der Waals surface area contributed by atoms with Crippen molar-refractivity contribution in [2.75, 3.05) is 39.3 Å². The van der Waals surface area contributed by atoms with Gasteiger partial charge in [-0.3, -0.25) is 9.69 Å².